The van der Waals surface area contributed by atoms with Crippen LogP contribution in [0.15, 0.2) is 24.3 Å². The molecule has 1 saturated heterocycles. The molecule has 2 rings (SSSR count). The van der Waals surface area contributed by atoms with Crippen molar-refractivity contribution in [3.8, 4) is 0 Å². The molecule has 3 unspecified atom stereocenters. The highest BCUT2D eigenvalue weighted by molar-refractivity contribution is 6.30. The highest BCUT2D eigenvalue weighted by Crippen LogP contribution is 2.25. The van der Waals surface area contributed by atoms with Gasteiger partial charge in [-0.1, -0.05) is 23.7 Å². The molecule has 0 spiro atoms. The van der Waals surface area contributed by atoms with Crippen molar-refractivity contribution >= 4 is 17.6 Å². The summed E-state index contributed by atoms with van der Waals surface area (Å²) in [4.78, 5) is 10.9. The second-order valence-electron chi connectivity index (χ2n) is 4.11. The topological polar surface area (TPSA) is 58.6 Å². The maximum absolute atomic E-state index is 10.9. The van der Waals surface area contributed by atoms with Gasteiger partial charge >= 0.3 is 5.97 Å². The molecular weight excluding hydrogens is 242 g/mol. The van der Waals surface area contributed by atoms with Gasteiger partial charge in [-0.2, -0.15) is 0 Å². The van der Waals surface area contributed by atoms with Crippen LogP contribution in [-0.2, 0) is 9.53 Å². The number of carboxylic acids is 1. The summed E-state index contributed by atoms with van der Waals surface area (Å²) in [5.41, 5.74) is 0.959. The lowest BCUT2D eigenvalue weighted by molar-refractivity contribution is -0.149. The molecule has 0 aromatic heterocycles. The summed E-state index contributed by atoms with van der Waals surface area (Å²) < 4.78 is 5.70. The van der Waals surface area contributed by atoms with Gasteiger partial charge in [-0.15, -0.1) is 0 Å². The molecule has 0 amide bonds. The third kappa shape index (κ3) is 2.77. The molecule has 1 aromatic rings. The van der Waals surface area contributed by atoms with Crippen LogP contribution in [-0.4, -0.2) is 29.8 Å². The first-order valence-electron chi connectivity index (χ1n) is 5.45. The molecule has 1 aliphatic heterocycles. The van der Waals surface area contributed by atoms with E-state index in [0.717, 1.165) is 5.56 Å². The van der Waals surface area contributed by atoms with Gasteiger partial charge in [0, 0.05) is 11.6 Å². The molecule has 3 atom stereocenters. The summed E-state index contributed by atoms with van der Waals surface area (Å²) >= 11 is 5.91. The van der Waals surface area contributed by atoms with Crippen LogP contribution in [0.1, 0.15) is 18.6 Å². The monoisotopic (exact) mass is 255 g/mol. The normalized spacial score (nSPS) is 28.9. The van der Waals surface area contributed by atoms with Gasteiger partial charge in [-0.25, -0.2) is 0 Å². The summed E-state index contributed by atoms with van der Waals surface area (Å²) in [7, 11) is 0. The molecule has 0 aliphatic carbocycles. The van der Waals surface area contributed by atoms with Crippen LogP contribution in [0.2, 0.25) is 5.02 Å². The average Bonchev–Trinajstić information content (AvgIpc) is 2.28. The Balaban J connectivity index is 2.09. The van der Waals surface area contributed by atoms with Gasteiger partial charge in [0.15, 0.2) is 0 Å². The van der Waals surface area contributed by atoms with Crippen LogP contribution in [0.4, 0.5) is 0 Å². The van der Waals surface area contributed by atoms with Crippen molar-refractivity contribution in [2.45, 2.75) is 25.2 Å². The van der Waals surface area contributed by atoms with Gasteiger partial charge in [0.2, 0.25) is 0 Å². The van der Waals surface area contributed by atoms with Crippen LogP contribution in [0, 0.1) is 0 Å². The molecule has 4 nitrogen and oxygen atoms in total. The molecule has 2 N–H and O–H groups in total. The molecule has 0 saturated carbocycles. The second kappa shape index (κ2) is 5.04. The Hall–Kier alpha value is -1.10. The van der Waals surface area contributed by atoms with Crippen LogP contribution >= 0.6 is 11.6 Å². The summed E-state index contributed by atoms with van der Waals surface area (Å²) in [6.07, 6.45) is -0.524. The third-order valence-electron chi connectivity index (χ3n) is 2.86. The van der Waals surface area contributed by atoms with Gasteiger partial charge in [-0.05, 0) is 24.6 Å². The van der Waals surface area contributed by atoms with Gasteiger partial charge in [0.25, 0.3) is 0 Å². The predicted octanol–water partition coefficient (Wildman–Crippen LogP) is 1.84. The Morgan fingerprint density at radius 2 is 2.35 bits per heavy atom. The quantitative estimate of drug-likeness (QED) is 0.847. The zero-order valence-electron chi connectivity index (χ0n) is 9.39. The summed E-state index contributed by atoms with van der Waals surface area (Å²) in [6.45, 7) is 2.23. The number of ether oxygens (including phenoxy) is 1. The van der Waals surface area contributed by atoms with E-state index in [1.807, 2.05) is 18.2 Å². The summed E-state index contributed by atoms with van der Waals surface area (Å²) in [6, 6.07) is 6.76. The largest absolute Gasteiger partial charge is 0.480 e. The number of morpholine rings is 1. The lowest BCUT2D eigenvalue weighted by atomic mass is 10.0. The molecule has 0 radical (unpaired) electrons. The van der Waals surface area contributed by atoms with Crippen molar-refractivity contribution in [1.82, 2.24) is 5.32 Å². The third-order valence-corrected chi connectivity index (χ3v) is 3.09. The molecule has 92 valence electrons. The van der Waals surface area contributed by atoms with Crippen molar-refractivity contribution in [2.24, 2.45) is 0 Å². The Kier molecular flexibility index (Phi) is 3.66. The number of nitrogens with one attached hydrogen (secondary N) is 1. The first-order valence-corrected chi connectivity index (χ1v) is 5.83. The maximum atomic E-state index is 10.9. The van der Waals surface area contributed by atoms with Crippen molar-refractivity contribution in [2.75, 3.05) is 6.54 Å². The highest BCUT2D eigenvalue weighted by Gasteiger charge is 2.33. The van der Waals surface area contributed by atoms with E-state index in [-0.39, 0.29) is 12.2 Å². The Morgan fingerprint density at radius 3 is 2.94 bits per heavy atom. The maximum Gasteiger partial charge on any atom is 0.323 e. The SMILES string of the molecule is CC1OC(c2cccc(Cl)c2)CNC1C(=O)O. The number of rotatable bonds is 2. The second-order valence-corrected chi connectivity index (χ2v) is 4.55. The van der Waals surface area contributed by atoms with E-state index in [0.29, 0.717) is 11.6 Å². The lowest BCUT2D eigenvalue weighted by Gasteiger charge is -2.33. The van der Waals surface area contributed by atoms with Crippen molar-refractivity contribution in [3.05, 3.63) is 34.9 Å². The van der Waals surface area contributed by atoms with E-state index in [1.54, 1.807) is 13.0 Å². The van der Waals surface area contributed by atoms with Gasteiger partial charge in [0.1, 0.15) is 6.04 Å². The van der Waals surface area contributed by atoms with E-state index < -0.39 is 12.0 Å². The molecule has 5 heteroatoms. The van der Waals surface area contributed by atoms with Crippen LogP contribution < -0.4 is 5.32 Å². The first-order chi connectivity index (χ1) is 8.08. The van der Waals surface area contributed by atoms with Crippen molar-refractivity contribution < 1.29 is 14.6 Å². The standard InChI is InChI=1S/C12H14ClNO3/c1-7-11(12(15)16)14-6-10(17-7)8-3-2-4-9(13)5-8/h2-5,7,10-11,14H,6H2,1H3,(H,15,16). The number of hydrogen-bond acceptors (Lipinski definition) is 3. The van der Waals surface area contributed by atoms with E-state index in [9.17, 15) is 4.79 Å². The minimum Gasteiger partial charge on any atom is -0.480 e. The minimum absolute atomic E-state index is 0.153. The van der Waals surface area contributed by atoms with Gasteiger partial charge < -0.3 is 9.84 Å². The molecule has 0 bridgehead atoms. The Morgan fingerprint density at radius 1 is 1.59 bits per heavy atom. The molecule has 1 fully saturated rings. The fraction of sp³-hybridized carbons (Fsp3) is 0.417. The number of aliphatic carboxylic acids is 1. The molecule has 1 aromatic carbocycles. The smallest absolute Gasteiger partial charge is 0.323 e. The van der Waals surface area contributed by atoms with Crippen molar-refractivity contribution in [3.63, 3.8) is 0 Å². The molecule has 1 heterocycles. The zero-order chi connectivity index (χ0) is 12.4. The van der Waals surface area contributed by atoms with E-state index in [4.69, 9.17) is 21.4 Å². The van der Waals surface area contributed by atoms with Crippen molar-refractivity contribution in [1.29, 1.82) is 0 Å². The zero-order valence-corrected chi connectivity index (χ0v) is 10.1. The van der Waals surface area contributed by atoms with Gasteiger partial charge in [-0.3, -0.25) is 10.1 Å². The molecular formula is C12H14ClNO3. The average molecular weight is 256 g/mol. The number of halogens is 1. The Labute approximate surface area is 105 Å². The van der Waals surface area contributed by atoms with Crippen LogP contribution in [0.25, 0.3) is 0 Å². The minimum atomic E-state index is -0.887. The van der Waals surface area contributed by atoms with Crippen LogP contribution in [0.3, 0.4) is 0 Å². The Bertz CT molecular complexity index is 424. The van der Waals surface area contributed by atoms with Gasteiger partial charge in [0.05, 0.1) is 12.2 Å². The number of carboxylic acid groups (broad SMARTS) is 1. The first kappa shape index (κ1) is 12.4. The van der Waals surface area contributed by atoms with E-state index in [1.165, 1.54) is 0 Å². The predicted molar refractivity (Wildman–Crippen MR) is 64.2 cm³/mol. The fourth-order valence-corrected chi connectivity index (χ4v) is 2.18. The highest BCUT2D eigenvalue weighted by atomic mass is 35.5. The van der Waals surface area contributed by atoms with Crippen LogP contribution in [0.5, 0.6) is 0 Å². The number of benzene rings is 1. The fourth-order valence-electron chi connectivity index (χ4n) is 1.98. The van der Waals surface area contributed by atoms with E-state index >= 15 is 0 Å². The molecule has 17 heavy (non-hydrogen) atoms. The van der Waals surface area contributed by atoms with E-state index in [2.05, 4.69) is 5.32 Å². The molecule has 1 aliphatic rings. The summed E-state index contributed by atoms with van der Waals surface area (Å²) in [5.74, 6) is -0.887. The lowest BCUT2D eigenvalue weighted by Crippen LogP contribution is -2.52. The number of hydrogen-bond donors (Lipinski definition) is 2. The summed E-state index contributed by atoms with van der Waals surface area (Å²) in [5, 5.41) is 12.6. The number of carbonyl (C=O) groups is 1.